The van der Waals surface area contributed by atoms with E-state index in [9.17, 15) is 4.79 Å². The molecule has 138 valence electrons. The Balaban J connectivity index is 1.65. The van der Waals surface area contributed by atoms with E-state index >= 15 is 0 Å². The lowest BCUT2D eigenvalue weighted by atomic mass is 10.1. The Morgan fingerprint density at radius 2 is 1.56 bits per heavy atom. The number of benzene rings is 2. The van der Waals surface area contributed by atoms with Crippen molar-refractivity contribution in [1.82, 2.24) is 15.3 Å². The van der Waals surface area contributed by atoms with Crippen LogP contribution < -0.4 is 10.6 Å². The maximum absolute atomic E-state index is 12.5. The second-order valence-electron chi connectivity index (χ2n) is 6.42. The fraction of sp³-hybridized carbons (Fsp3) is 0.190. The van der Waals surface area contributed by atoms with Crippen molar-refractivity contribution in [3.63, 3.8) is 0 Å². The molecule has 3 rings (SSSR count). The van der Waals surface area contributed by atoms with Crippen LogP contribution in [-0.2, 0) is 0 Å². The zero-order chi connectivity index (χ0) is 19.4. The summed E-state index contributed by atoms with van der Waals surface area (Å²) in [6.07, 6.45) is 0. The van der Waals surface area contributed by atoms with Gasteiger partial charge in [0.2, 0.25) is 5.95 Å². The highest BCUT2D eigenvalue weighted by molar-refractivity contribution is 6.30. The lowest BCUT2D eigenvalue weighted by Gasteiger charge is -2.15. The Hall–Kier alpha value is -2.92. The fourth-order valence-corrected chi connectivity index (χ4v) is 2.86. The molecule has 0 radical (unpaired) electrons. The van der Waals surface area contributed by atoms with E-state index in [4.69, 9.17) is 11.6 Å². The smallest absolute Gasteiger partial charge is 0.251 e. The van der Waals surface area contributed by atoms with E-state index in [1.165, 1.54) is 0 Å². The second-order valence-corrected chi connectivity index (χ2v) is 6.86. The number of anilines is 2. The molecule has 0 fully saturated rings. The van der Waals surface area contributed by atoms with Gasteiger partial charge in [-0.2, -0.15) is 0 Å². The Labute approximate surface area is 163 Å². The van der Waals surface area contributed by atoms with Crippen LogP contribution in [-0.4, -0.2) is 15.9 Å². The fourth-order valence-electron chi connectivity index (χ4n) is 2.73. The number of nitrogens with zero attached hydrogens (tertiary/aromatic N) is 2. The van der Waals surface area contributed by atoms with Crippen molar-refractivity contribution >= 4 is 29.1 Å². The maximum Gasteiger partial charge on any atom is 0.251 e. The minimum absolute atomic E-state index is 0.115. The minimum atomic E-state index is -0.133. The summed E-state index contributed by atoms with van der Waals surface area (Å²) in [5.74, 6) is 0.410. The SMILES string of the molecule is Cc1cc(C)nc(Nc2ccc(C(=O)N[C@@H](C)c3ccc(Cl)cc3)cc2)n1. The highest BCUT2D eigenvalue weighted by Gasteiger charge is 2.11. The molecule has 1 aromatic heterocycles. The van der Waals surface area contributed by atoms with Crippen LogP contribution in [0.15, 0.2) is 54.6 Å². The summed E-state index contributed by atoms with van der Waals surface area (Å²) in [5.41, 5.74) is 4.21. The van der Waals surface area contributed by atoms with Gasteiger partial charge in [0.05, 0.1) is 6.04 Å². The lowest BCUT2D eigenvalue weighted by molar-refractivity contribution is 0.0940. The summed E-state index contributed by atoms with van der Waals surface area (Å²) >= 11 is 5.91. The molecular weight excluding hydrogens is 360 g/mol. The number of carbonyl (C=O) groups excluding carboxylic acids is 1. The standard InChI is InChI=1S/C21H21ClN4O/c1-13-12-14(2)24-21(23-13)26-19-10-6-17(7-11-19)20(27)25-15(3)16-4-8-18(22)9-5-16/h4-12,15H,1-3H3,(H,25,27)(H,23,24,26)/t15-/m0/s1. The van der Waals surface area contributed by atoms with E-state index in [1.54, 1.807) is 12.1 Å². The first kappa shape index (κ1) is 18.9. The molecule has 27 heavy (non-hydrogen) atoms. The predicted octanol–water partition coefficient (Wildman–Crippen LogP) is 4.98. The van der Waals surface area contributed by atoms with Gasteiger partial charge in [0.1, 0.15) is 0 Å². The zero-order valence-electron chi connectivity index (χ0n) is 15.5. The number of nitrogens with one attached hydrogen (secondary N) is 2. The van der Waals surface area contributed by atoms with Crippen molar-refractivity contribution in [2.75, 3.05) is 5.32 Å². The Bertz CT molecular complexity index is 919. The Morgan fingerprint density at radius 1 is 0.963 bits per heavy atom. The molecule has 0 aliphatic rings. The van der Waals surface area contributed by atoms with Crippen LogP contribution in [0.3, 0.4) is 0 Å². The molecule has 0 aliphatic heterocycles. The summed E-state index contributed by atoms with van der Waals surface area (Å²) in [4.78, 5) is 21.2. The number of carbonyl (C=O) groups is 1. The van der Waals surface area contributed by atoms with Crippen molar-refractivity contribution in [2.45, 2.75) is 26.8 Å². The normalized spacial score (nSPS) is 11.7. The van der Waals surface area contributed by atoms with Gasteiger partial charge in [0.25, 0.3) is 5.91 Å². The predicted molar refractivity (Wildman–Crippen MR) is 109 cm³/mol. The van der Waals surface area contributed by atoms with Crippen LogP contribution in [0.5, 0.6) is 0 Å². The van der Waals surface area contributed by atoms with Crippen LogP contribution >= 0.6 is 11.6 Å². The van der Waals surface area contributed by atoms with E-state index in [1.807, 2.05) is 63.2 Å². The van der Waals surface area contributed by atoms with E-state index in [-0.39, 0.29) is 11.9 Å². The average molecular weight is 381 g/mol. The largest absolute Gasteiger partial charge is 0.346 e. The lowest BCUT2D eigenvalue weighted by Crippen LogP contribution is -2.26. The molecule has 0 saturated heterocycles. The molecule has 1 heterocycles. The van der Waals surface area contributed by atoms with E-state index in [0.717, 1.165) is 22.6 Å². The molecule has 6 heteroatoms. The van der Waals surface area contributed by atoms with Gasteiger partial charge in [0.15, 0.2) is 0 Å². The van der Waals surface area contributed by atoms with Crippen molar-refractivity contribution in [3.05, 3.63) is 82.1 Å². The molecule has 0 saturated carbocycles. The summed E-state index contributed by atoms with van der Waals surface area (Å²) in [5, 5.41) is 6.82. The number of rotatable bonds is 5. The van der Waals surface area contributed by atoms with Crippen molar-refractivity contribution in [2.24, 2.45) is 0 Å². The first-order chi connectivity index (χ1) is 12.9. The molecule has 0 bridgehead atoms. The van der Waals surface area contributed by atoms with Gasteiger partial charge in [-0.1, -0.05) is 23.7 Å². The van der Waals surface area contributed by atoms with Crippen LogP contribution in [0.1, 0.15) is 40.3 Å². The molecule has 2 N–H and O–H groups in total. The van der Waals surface area contributed by atoms with Gasteiger partial charge in [-0.15, -0.1) is 0 Å². The van der Waals surface area contributed by atoms with E-state index in [0.29, 0.717) is 16.5 Å². The first-order valence-corrected chi connectivity index (χ1v) is 9.04. The van der Waals surface area contributed by atoms with Gasteiger partial charge in [-0.25, -0.2) is 9.97 Å². The van der Waals surface area contributed by atoms with Gasteiger partial charge in [-0.05, 0) is 68.8 Å². The molecule has 1 amide bonds. The number of hydrogen-bond donors (Lipinski definition) is 2. The topological polar surface area (TPSA) is 66.9 Å². The van der Waals surface area contributed by atoms with Crippen LogP contribution in [0.2, 0.25) is 5.02 Å². The Kier molecular flexibility index (Phi) is 5.72. The van der Waals surface area contributed by atoms with E-state index < -0.39 is 0 Å². The minimum Gasteiger partial charge on any atom is -0.346 e. The number of amides is 1. The zero-order valence-corrected chi connectivity index (χ0v) is 16.2. The summed E-state index contributed by atoms with van der Waals surface area (Å²) in [7, 11) is 0. The average Bonchev–Trinajstić information content (AvgIpc) is 2.62. The molecular formula is C21H21ClN4O. The molecule has 1 atom stereocenters. The highest BCUT2D eigenvalue weighted by atomic mass is 35.5. The molecule has 0 unspecified atom stereocenters. The first-order valence-electron chi connectivity index (χ1n) is 8.66. The summed E-state index contributed by atoms with van der Waals surface area (Å²) in [6.45, 7) is 5.79. The van der Waals surface area contributed by atoms with Gasteiger partial charge in [0, 0.05) is 27.7 Å². The number of aromatic nitrogens is 2. The number of aryl methyl sites for hydroxylation is 2. The quantitative estimate of drug-likeness (QED) is 0.655. The van der Waals surface area contributed by atoms with Crippen LogP contribution in [0, 0.1) is 13.8 Å². The van der Waals surface area contributed by atoms with Crippen molar-refractivity contribution in [3.8, 4) is 0 Å². The van der Waals surface area contributed by atoms with Gasteiger partial charge >= 0.3 is 0 Å². The van der Waals surface area contributed by atoms with Crippen LogP contribution in [0.4, 0.5) is 11.6 Å². The summed E-state index contributed by atoms with van der Waals surface area (Å²) < 4.78 is 0. The monoisotopic (exact) mass is 380 g/mol. The van der Waals surface area contributed by atoms with Crippen molar-refractivity contribution < 1.29 is 4.79 Å². The molecule has 0 aliphatic carbocycles. The molecule has 0 spiro atoms. The van der Waals surface area contributed by atoms with Crippen molar-refractivity contribution in [1.29, 1.82) is 0 Å². The second kappa shape index (κ2) is 8.18. The number of hydrogen-bond acceptors (Lipinski definition) is 4. The van der Waals surface area contributed by atoms with Gasteiger partial charge < -0.3 is 10.6 Å². The molecule has 5 nitrogen and oxygen atoms in total. The van der Waals surface area contributed by atoms with Crippen LogP contribution in [0.25, 0.3) is 0 Å². The molecule has 2 aromatic carbocycles. The third-order valence-corrected chi connectivity index (χ3v) is 4.36. The van der Waals surface area contributed by atoms with E-state index in [2.05, 4.69) is 20.6 Å². The highest BCUT2D eigenvalue weighted by Crippen LogP contribution is 2.18. The Morgan fingerprint density at radius 3 is 2.15 bits per heavy atom. The third kappa shape index (κ3) is 5.05. The summed E-state index contributed by atoms with van der Waals surface area (Å²) in [6, 6.07) is 16.5. The number of halogens is 1. The maximum atomic E-state index is 12.5. The van der Waals surface area contributed by atoms with Gasteiger partial charge in [-0.3, -0.25) is 4.79 Å². The molecule has 3 aromatic rings. The third-order valence-electron chi connectivity index (χ3n) is 4.10.